The number of sulfonamides is 1. The molecule has 0 spiro atoms. The van der Waals surface area contributed by atoms with E-state index >= 15 is 0 Å². The number of thiophene rings is 1. The summed E-state index contributed by atoms with van der Waals surface area (Å²) in [5.41, 5.74) is 8.19. The van der Waals surface area contributed by atoms with E-state index in [1.165, 1.54) is 11.3 Å². The van der Waals surface area contributed by atoms with Crippen LogP contribution < -0.4 is 4.72 Å². The molecule has 0 aliphatic heterocycles. The van der Waals surface area contributed by atoms with Gasteiger partial charge in [-0.05, 0) is 81.5 Å². The van der Waals surface area contributed by atoms with Gasteiger partial charge in [0.15, 0.2) is 5.65 Å². The van der Waals surface area contributed by atoms with Crippen molar-refractivity contribution in [2.45, 2.75) is 71.2 Å². The highest BCUT2D eigenvalue weighted by molar-refractivity contribution is 7.91. The largest absolute Gasteiger partial charge is 0.308 e. The van der Waals surface area contributed by atoms with E-state index in [0.29, 0.717) is 16.3 Å². The molecule has 0 aliphatic carbocycles. The molecule has 5 aromatic rings. The number of aryl methyl sites for hydroxylation is 4. The summed E-state index contributed by atoms with van der Waals surface area (Å²) < 4.78 is 32.5. The monoisotopic (exact) mass is 572 g/mol. The minimum absolute atomic E-state index is 0.331. The Labute approximate surface area is 241 Å². The summed E-state index contributed by atoms with van der Waals surface area (Å²) in [6, 6.07) is 20.3. The molecule has 2 aromatic carbocycles. The van der Waals surface area contributed by atoms with Gasteiger partial charge in [0.25, 0.3) is 10.0 Å². The first-order chi connectivity index (χ1) is 18.9. The molecule has 0 atom stereocenters. The molecule has 208 valence electrons. The van der Waals surface area contributed by atoms with Crippen molar-refractivity contribution in [3.8, 4) is 21.6 Å². The van der Waals surface area contributed by atoms with E-state index < -0.39 is 15.6 Å². The highest BCUT2D eigenvalue weighted by Crippen LogP contribution is 2.41. The van der Waals surface area contributed by atoms with Crippen LogP contribution in [-0.2, 0) is 23.0 Å². The van der Waals surface area contributed by atoms with Crippen LogP contribution in [0.5, 0.6) is 0 Å². The van der Waals surface area contributed by atoms with E-state index in [1.807, 2.05) is 77.1 Å². The predicted molar refractivity (Wildman–Crippen MR) is 165 cm³/mol. The summed E-state index contributed by atoms with van der Waals surface area (Å²) in [6.07, 6.45) is 0.811. The lowest BCUT2D eigenvalue weighted by atomic mass is 10.0. The van der Waals surface area contributed by atoms with Gasteiger partial charge in [0.2, 0.25) is 0 Å². The molecule has 0 fully saturated rings. The number of fused-ring (bicyclic) bond motifs is 1. The Morgan fingerprint density at radius 3 is 2.25 bits per heavy atom. The maximum absolute atomic E-state index is 13.6. The molecule has 8 heteroatoms. The number of rotatable bonds is 7. The van der Waals surface area contributed by atoms with Gasteiger partial charge >= 0.3 is 0 Å². The highest BCUT2D eigenvalue weighted by Gasteiger charge is 2.28. The first kappa shape index (κ1) is 28.2. The van der Waals surface area contributed by atoms with Gasteiger partial charge in [0, 0.05) is 28.1 Å². The molecule has 40 heavy (non-hydrogen) atoms. The van der Waals surface area contributed by atoms with E-state index in [1.54, 1.807) is 0 Å². The van der Waals surface area contributed by atoms with E-state index in [-0.39, 0.29) is 0 Å². The lowest BCUT2D eigenvalue weighted by Crippen LogP contribution is -2.40. The van der Waals surface area contributed by atoms with Crippen molar-refractivity contribution < 1.29 is 8.42 Å². The van der Waals surface area contributed by atoms with Gasteiger partial charge in [-0.25, -0.2) is 23.1 Å². The van der Waals surface area contributed by atoms with Gasteiger partial charge in [0.05, 0.1) is 6.54 Å². The van der Waals surface area contributed by atoms with E-state index in [9.17, 15) is 8.42 Å². The Balaban J connectivity index is 1.56. The summed E-state index contributed by atoms with van der Waals surface area (Å²) in [5, 5.41) is 0. The molecular weight excluding hydrogens is 537 g/mol. The molecule has 0 amide bonds. The molecule has 3 heterocycles. The van der Waals surface area contributed by atoms with Crippen molar-refractivity contribution in [3.63, 3.8) is 0 Å². The second-order valence-electron chi connectivity index (χ2n) is 11.4. The Morgan fingerprint density at radius 2 is 1.60 bits per heavy atom. The number of pyridine rings is 1. The van der Waals surface area contributed by atoms with Crippen LogP contribution in [0.3, 0.4) is 0 Å². The number of imidazole rings is 1. The zero-order chi connectivity index (χ0) is 28.8. The Kier molecular flexibility index (Phi) is 7.46. The molecule has 0 radical (unpaired) electrons. The van der Waals surface area contributed by atoms with Crippen molar-refractivity contribution in [3.05, 3.63) is 88.9 Å². The topological polar surface area (TPSA) is 76.9 Å². The standard InChI is InChI=1S/C32H36N4O2S2/c1-8-28-34-29-21(3)17-22(4)33-30(29)36(28)19-23-13-15-24(16-14-23)26-18-27(25-12-10-9-11-20(25)2)39-31(26)40(37,38)35-32(5,6)7/h9-18,35H,8,19H2,1-7H3. The van der Waals surface area contributed by atoms with Crippen LogP contribution >= 0.6 is 11.3 Å². The molecule has 5 rings (SSSR count). The maximum Gasteiger partial charge on any atom is 0.251 e. The molecular formula is C32H36N4O2S2. The third-order valence-electron chi connectivity index (χ3n) is 6.82. The van der Waals surface area contributed by atoms with E-state index in [4.69, 9.17) is 9.97 Å². The van der Waals surface area contributed by atoms with Gasteiger partial charge in [-0.1, -0.05) is 55.5 Å². The zero-order valence-corrected chi connectivity index (χ0v) is 25.8. The van der Waals surface area contributed by atoms with Crippen molar-refractivity contribution in [2.75, 3.05) is 0 Å². The number of benzene rings is 2. The molecule has 6 nitrogen and oxygen atoms in total. The number of aromatic nitrogens is 3. The lowest BCUT2D eigenvalue weighted by Gasteiger charge is -2.20. The van der Waals surface area contributed by atoms with Crippen molar-refractivity contribution >= 4 is 32.5 Å². The zero-order valence-electron chi connectivity index (χ0n) is 24.2. The summed E-state index contributed by atoms with van der Waals surface area (Å²) >= 11 is 1.32. The van der Waals surface area contributed by atoms with Gasteiger partial charge in [-0.15, -0.1) is 11.3 Å². The van der Waals surface area contributed by atoms with Gasteiger partial charge < -0.3 is 4.57 Å². The fraction of sp³-hybridized carbons (Fsp3) is 0.312. The molecule has 0 bridgehead atoms. The summed E-state index contributed by atoms with van der Waals surface area (Å²) in [4.78, 5) is 10.6. The summed E-state index contributed by atoms with van der Waals surface area (Å²) in [5.74, 6) is 1.00. The van der Waals surface area contributed by atoms with Gasteiger partial charge in [-0.2, -0.15) is 0 Å². The van der Waals surface area contributed by atoms with Crippen molar-refractivity contribution in [2.24, 2.45) is 0 Å². The minimum Gasteiger partial charge on any atom is -0.308 e. The maximum atomic E-state index is 13.6. The normalized spacial score (nSPS) is 12.4. The van der Waals surface area contributed by atoms with Crippen LogP contribution in [0.15, 0.2) is 64.9 Å². The van der Waals surface area contributed by atoms with Gasteiger partial charge in [0.1, 0.15) is 15.6 Å². The van der Waals surface area contributed by atoms with E-state index in [2.05, 4.69) is 41.3 Å². The highest BCUT2D eigenvalue weighted by atomic mass is 32.2. The average Bonchev–Trinajstić information content (AvgIpc) is 3.47. The van der Waals surface area contributed by atoms with Crippen molar-refractivity contribution in [1.82, 2.24) is 19.3 Å². The lowest BCUT2D eigenvalue weighted by molar-refractivity contribution is 0.493. The fourth-order valence-corrected chi connectivity index (χ4v) is 8.26. The van der Waals surface area contributed by atoms with E-state index in [0.717, 1.165) is 61.8 Å². The SMILES string of the molecule is CCc1nc2c(C)cc(C)nc2n1Cc1ccc(-c2cc(-c3ccccc3C)sc2S(=O)(=O)NC(C)(C)C)cc1. The van der Waals surface area contributed by atoms with Crippen LogP contribution in [0.25, 0.3) is 32.7 Å². The van der Waals surface area contributed by atoms with Crippen LogP contribution in [0, 0.1) is 20.8 Å². The average molecular weight is 573 g/mol. The van der Waals surface area contributed by atoms with Crippen LogP contribution in [0.1, 0.15) is 55.9 Å². The molecule has 0 aliphatic rings. The molecule has 0 unspecified atom stereocenters. The summed E-state index contributed by atoms with van der Waals surface area (Å²) in [7, 11) is -3.74. The third-order valence-corrected chi connectivity index (χ3v) is 10.3. The minimum atomic E-state index is -3.74. The first-order valence-corrected chi connectivity index (χ1v) is 15.8. The number of nitrogens with zero attached hydrogens (tertiary/aromatic N) is 3. The molecule has 1 N–H and O–H groups in total. The molecule has 0 saturated carbocycles. The Bertz CT molecular complexity index is 1810. The smallest absolute Gasteiger partial charge is 0.251 e. The molecule has 3 aromatic heterocycles. The van der Waals surface area contributed by atoms with Crippen LogP contribution in [-0.4, -0.2) is 28.5 Å². The van der Waals surface area contributed by atoms with Crippen LogP contribution in [0.2, 0.25) is 0 Å². The second-order valence-corrected chi connectivity index (χ2v) is 14.3. The fourth-order valence-electron chi connectivity index (χ4n) is 5.06. The van der Waals surface area contributed by atoms with Crippen LogP contribution in [0.4, 0.5) is 0 Å². The second kappa shape index (κ2) is 10.6. The quantitative estimate of drug-likeness (QED) is 0.220. The van der Waals surface area contributed by atoms with Crippen molar-refractivity contribution in [1.29, 1.82) is 0 Å². The predicted octanol–water partition coefficient (Wildman–Crippen LogP) is 7.44. The number of hydrogen-bond acceptors (Lipinski definition) is 5. The number of nitrogens with one attached hydrogen (secondary N) is 1. The number of hydrogen-bond donors (Lipinski definition) is 1. The Hall–Kier alpha value is -3.33. The third kappa shape index (κ3) is 5.61. The molecule has 0 saturated heterocycles. The Morgan fingerprint density at radius 1 is 0.900 bits per heavy atom. The summed E-state index contributed by atoms with van der Waals surface area (Å²) in [6.45, 7) is 14.5. The van der Waals surface area contributed by atoms with Gasteiger partial charge in [-0.3, -0.25) is 0 Å². The first-order valence-electron chi connectivity index (χ1n) is 13.5.